The van der Waals surface area contributed by atoms with Gasteiger partial charge in [0.1, 0.15) is 5.58 Å². The lowest BCUT2D eigenvalue weighted by molar-refractivity contribution is 0.666. The number of nitrogens with zero attached hydrogens (tertiary/aromatic N) is 1. The summed E-state index contributed by atoms with van der Waals surface area (Å²) in [5, 5.41) is 4.76. The minimum atomic E-state index is 0.920. The second-order valence-corrected chi connectivity index (χ2v) is 7.68. The Morgan fingerprint density at radius 2 is 1.37 bits per heavy atom. The van der Waals surface area contributed by atoms with Gasteiger partial charge in [-0.3, -0.25) is 0 Å². The lowest BCUT2D eigenvalue weighted by Crippen LogP contribution is -1.94. The molecule has 0 aliphatic rings. The van der Waals surface area contributed by atoms with Gasteiger partial charge in [0, 0.05) is 26.0 Å². The second-order valence-electron chi connectivity index (χ2n) is 6.77. The first-order valence-electron chi connectivity index (χ1n) is 8.90. The predicted octanol–water partition coefficient (Wildman–Crippen LogP) is 7.45. The van der Waals surface area contributed by atoms with E-state index in [9.17, 15) is 0 Å². The van der Waals surface area contributed by atoms with E-state index in [1.54, 1.807) is 0 Å². The first-order valence-corrected chi connectivity index (χ1v) is 9.70. The van der Waals surface area contributed by atoms with Crippen LogP contribution in [0.3, 0.4) is 0 Å². The summed E-state index contributed by atoms with van der Waals surface area (Å²) >= 11 is 3.62. The van der Waals surface area contributed by atoms with Gasteiger partial charge in [-0.05, 0) is 36.4 Å². The molecule has 0 spiro atoms. The quantitative estimate of drug-likeness (QED) is 0.274. The molecule has 2 nitrogen and oxygen atoms in total. The van der Waals surface area contributed by atoms with Crippen LogP contribution in [0.25, 0.3) is 49.4 Å². The van der Waals surface area contributed by atoms with Crippen LogP contribution in [0.15, 0.2) is 93.8 Å². The highest BCUT2D eigenvalue weighted by molar-refractivity contribution is 9.10. The van der Waals surface area contributed by atoms with Crippen LogP contribution in [0.5, 0.6) is 0 Å². The van der Waals surface area contributed by atoms with Gasteiger partial charge in [-0.2, -0.15) is 0 Å². The van der Waals surface area contributed by atoms with Gasteiger partial charge >= 0.3 is 0 Å². The molecule has 2 aromatic heterocycles. The third-order valence-corrected chi connectivity index (χ3v) is 5.75. The number of hydrogen-bond acceptors (Lipinski definition) is 1. The Labute approximate surface area is 163 Å². The van der Waals surface area contributed by atoms with E-state index in [0.717, 1.165) is 32.1 Å². The van der Waals surface area contributed by atoms with Crippen LogP contribution in [-0.2, 0) is 0 Å². The largest absolute Gasteiger partial charge is 0.454 e. The molecule has 0 bridgehead atoms. The Morgan fingerprint density at radius 1 is 0.630 bits per heavy atom. The van der Waals surface area contributed by atoms with Gasteiger partial charge in [0.15, 0.2) is 5.58 Å². The summed E-state index contributed by atoms with van der Waals surface area (Å²) in [7, 11) is 0. The van der Waals surface area contributed by atoms with Crippen molar-refractivity contribution in [3.05, 3.63) is 89.4 Å². The van der Waals surface area contributed by atoms with E-state index in [1.165, 1.54) is 21.8 Å². The van der Waals surface area contributed by atoms with E-state index in [4.69, 9.17) is 4.42 Å². The van der Waals surface area contributed by atoms with Crippen molar-refractivity contribution in [1.82, 2.24) is 4.57 Å². The summed E-state index contributed by atoms with van der Waals surface area (Å²) in [6.07, 6.45) is 0. The highest BCUT2D eigenvalue weighted by Gasteiger charge is 2.17. The van der Waals surface area contributed by atoms with Crippen LogP contribution in [0.2, 0.25) is 0 Å². The lowest BCUT2D eigenvalue weighted by atomic mass is 10.1. The molecule has 0 fully saturated rings. The molecule has 0 saturated carbocycles. The Hall–Kier alpha value is -3.04. The number of halogens is 1. The Bertz CT molecular complexity index is 1490. The van der Waals surface area contributed by atoms with Crippen molar-refractivity contribution >= 4 is 59.7 Å². The van der Waals surface area contributed by atoms with Gasteiger partial charge in [-0.15, -0.1) is 0 Å². The molecule has 6 aromatic rings. The number of rotatable bonds is 1. The molecule has 6 rings (SSSR count). The fraction of sp³-hybridized carbons (Fsp3) is 0. The first kappa shape index (κ1) is 15.1. The molecule has 0 N–H and O–H groups in total. The van der Waals surface area contributed by atoms with Crippen molar-refractivity contribution in [1.29, 1.82) is 0 Å². The molecule has 0 radical (unpaired) electrons. The topological polar surface area (TPSA) is 18.1 Å². The number of benzene rings is 4. The highest BCUT2D eigenvalue weighted by Crippen LogP contribution is 2.38. The minimum absolute atomic E-state index is 0.920. The Morgan fingerprint density at radius 3 is 2.30 bits per heavy atom. The maximum atomic E-state index is 6.30. The van der Waals surface area contributed by atoms with Gasteiger partial charge in [0.25, 0.3) is 0 Å². The van der Waals surface area contributed by atoms with Gasteiger partial charge in [0.2, 0.25) is 0 Å². The van der Waals surface area contributed by atoms with E-state index in [-0.39, 0.29) is 0 Å². The summed E-state index contributed by atoms with van der Waals surface area (Å²) in [6.45, 7) is 0. The summed E-state index contributed by atoms with van der Waals surface area (Å²) in [6, 6.07) is 29.6. The molecule has 4 aromatic carbocycles. The number of furan rings is 1. The highest BCUT2D eigenvalue weighted by atomic mass is 79.9. The minimum Gasteiger partial charge on any atom is -0.454 e. The molecule has 0 amide bonds. The van der Waals surface area contributed by atoms with Crippen molar-refractivity contribution in [2.75, 3.05) is 0 Å². The van der Waals surface area contributed by atoms with Crippen molar-refractivity contribution < 1.29 is 4.42 Å². The molecule has 27 heavy (non-hydrogen) atoms. The van der Waals surface area contributed by atoms with E-state index in [0.29, 0.717) is 0 Å². The van der Waals surface area contributed by atoms with Crippen LogP contribution in [0, 0.1) is 0 Å². The molecule has 0 atom stereocenters. The zero-order valence-electron chi connectivity index (χ0n) is 14.3. The fourth-order valence-electron chi connectivity index (χ4n) is 4.11. The van der Waals surface area contributed by atoms with E-state index >= 15 is 0 Å². The van der Waals surface area contributed by atoms with Crippen LogP contribution in [-0.4, -0.2) is 4.57 Å². The summed E-state index contributed by atoms with van der Waals surface area (Å²) < 4.78 is 9.69. The van der Waals surface area contributed by atoms with Crippen LogP contribution in [0.1, 0.15) is 0 Å². The summed E-state index contributed by atoms with van der Waals surface area (Å²) in [5.41, 5.74) is 5.26. The van der Waals surface area contributed by atoms with E-state index in [2.05, 4.69) is 93.3 Å². The van der Waals surface area contributed by atoms with Gasteiger partial charge < -0.3 is 8.98 Å². The number of hydrogen-bond donors (Lipinski definition) is 0. The van der Waals surface area contributed by atoms with E-state index < -0.39 is 0 Å². The van der Waals surface area contributed by atoms with Crippen molar-refractivity contribution in [2.24, 2.45) is 0 Å². The SMILES string of the molecule is Brc1ccc2c(c1)c1ccccc1n2-c1cccc2c1oc1ccccc12. The van der Waals surface area contributed by atoms with Crippen LogP contribution < -0.4 is 0 Å². The molecule has 2 heterocycles. The molecule has 128 valence electrons. The average molecular weight is 412 g/mol. The molecule has 0 aliphatic heterocycles. The molecule has 3 heteroatoms. The average Bonchev–Trinajstić information content (AvgIpc) is 3.24. The van der Waals surface area contributed by atoms with Crippen LogP contribution in [0.4, 0.5) is 0 Å². The van der Waals surface area contributed by atoms with Crippen molar-refractivity contribution in [3.8, 4) is 5.69 Å². The monoisotopic (exact) mass is 411 g/mol. The lowest BCUT2D eigenvalue weighted by Gasteiger charge is -2.08. The van der Waals surface area contributed by atoms with Gasteiger partial charge in [0.05, 0.1) is 16.7 Å². The Kier molecular flexibility index (Phi) is 3.06. The van der Waals surface area contributed by atoms with Crippen LogP contribution >= 0.6 is 15.9 Å². The normalized spacial score (nSPS) is 11.9. The van der Waals surface area contributed by atoms with Crippen molar-refractivity contribution in [2.45, 2.75) is 0 Å². The van der Waals surface area contributed by atoms with Gasteiger partial charge in [-0.25, -0.2) is 0 Å². The molecule has 0 saturated heterocycles. The number of para-hydroxylation sites is 3. The van der Waals surface area contributed by atoms with Gasteiger partial charge in [-0.1, -0.05) is 64.5 Å². The molecule has 0 aliphatic carbocycles. The van der Waals surface area contributed by atoms with Crippen molar-refractivity contribution in [3.63, 3.8) is 0 Å². The molecular formula is C24H14BrNO. The molecule has 0 unspecified atom stereocenters. The zero-order valence-corrected chi connectivity index (χ0v) is 15.9. The first-order chi connectivity index (χ1) is 13.3. The smallest absolute Gasteiger partial charge is 0.159 e. The maximum absolute atomic E-state index is 6.30. The van der Waals surface area contributed by atoms with E-state index in [1.807, 2.05) is 12.1 Å². The number of aromatic nitrogens is 1. The zero-order chi connectivity index (χ0) is 18.0. The maximum Gasteiger partial charge on any atom is 0.159 e. The predicted molar refractivity (Wildman–Crippen MR) is 116 cm³/mol. The third kappa shape index (κ3) is 2.06. The standard InChI is InChI=1S/C24H14BrNO/c25-15-12-13-21-19(14-15)16-6-1-3-9-20(16)26(21)22-10-5-8-18-17-7-2-4-11-23(17)27-24(18)22/h1-14H. The Balaban J connectivity index is 1.83. The third-order valence-electron chi connectivity index (χ3n) is 5.26. The summed E-state index contributed by atoms with van der Waals surface area (Å²) in [5.74, 6) is 0. The molecular weight excluding hydrogens is 398 g/mol. The summed E-state index contributed by atoms with van der Waals surface area (Å²) in [4.78, 5) is 0. The number of fused-ring (bicyclic) bond motifs is 6. The second kappa shape index (κ2) is 5.48. The fourth-order valence-corrected chi connectivity index (χ4v) is 4.47.